The van der Waals surface area contributed by atoms with Gasteiger partial charge >= 0.3 is 0 Å². The van der Waals surface area contributed by atoms with Crippen molar-refractivity contribution in [1.29, 1.82) is 0 Å². The first-order valence-corrected chi connectivity index (χ1v) is 7.05. The lowest BCUT2D eigenvalue weighted by Crippen LogP contribution is -1.77. The molecule has 88 valence electrons. The minimum atomic E-state index is 0.590. The van der Waals surface area contributed by atoms with Crippen LogP contribution in [0.15, 0.2) is 33.6 Å². The van der Waals surface area contributed by atoms with Crippen molar-refractivity contribution >= 4 is 34.1 Å². The van der Waals surface area contributed by atoms with Crippen LogP contribution in [0.25, 0.3) is 0 Å². The molecule has 2 aromatic rings. The monoisotopic (exact) mass is 264 g/mol. The van der Waals surface area contributed by atoms with Gasteiger partial charge in [-0.05, 0) is 43.4 Å². The number of aromatic nitrogens is 2. The first kappa shape index (κ1) is 12.2. The Labute approximate surface area is 108 Å². The molecule has 6 heteroatoms. The average molecular weight is 264 g/mol. The summed E-state index contributed by atoms with van der Waals surface area (Å²) in [5, 5.41) is 9.55. The molecule has 0 aliphatic rings. The van der Waals surface area contributed by atoms with E-state index in [0.717, 1.165) is 10.8 Å². The van der Waals surface area contributed by atoms with Crippen molar-refractivity contribution in [3.05, 3.63) is 29.3 Å². The molecule has 0 spiro atoms. The van der Waals surface area contributed by atoms with Gasteiger partial charge in [0, 0.05) is 11.5 Å². The number of nitrogens with zero attached hydrogens (tertiary/aromatic N) is 4. The molecule has 0 bridgehead atoms. The molecule has 0 aliphatic heterocycles. The maximum Gasteiger partial charge on any atom is 0.250 e. The number of hydrogen-bond acceptors (Lipinski definition) is 6. The smallest absolute Gasteiger partial charge is 0.189 e. The van der Waals surface area contributed by atoms with E-state index >= 15 is 0 Å². The SMILES string of the molecule is CSc1nsc(/N=N/c2ccc(C)c(C)c2)n1. The van der Waals surface area contributed by atoms with E-state index in [-0.39, 0.29) is 0 Å². The van der Waals surface area contributed by atoms with Crippen molar-refractivity contribution < 1.29 is 0 Å². The lowest BCUT2D eigenvalue weighted by atomic mass is 10.1. The van der Waals surface area contributed by atoms with E-state index in [0.29, 0.717) is 5.13 Å². The van der Waals surface area contributed by atoms with Gasteiger partial charge in [0.2, 0.25) is 10.3 Å². The van der Waals surface area contributed by atoms with Crippen LogP contribution in [-0.2, 0) is 0 Å². The normalized spacial score (nSPS) is 11.2. The minimum Gasteiger partial charge on any atom is -0.189 e. The van der Waals surface area contributed by atoms with Crippen LogP contribution in [0.2, 0.25) is 0 Å². The van der Waals surface area contributed by atoms with Crippen LogP contribution < -0.4 is 0 Å². The summed E-state index contributed by atoms with van der Waals surface area (Å²) < 4.78 is 4.12. The number of hydrogen-bond donors (Lipinski definition) is 0. The third-order valence-corrected chi connectivity index (χ3v) is 3.58. The third kappa shape index (κ3) is 3.10. The summed E-state index contributed by atoms with van der Waals surface area (Å²) in [6, 6.07) is 5.99. The molecule has 4 nitrogen and oxygen atoms in total. The van der Waals surface area contributed by atoms with Crippen LogP contribution in [0.5, 0.6) is 0 Å². The first-order valence-electron chi connectivity index (χ1n) is 5.06. The summed E-state index contributed by atoms with van der Waals surface area (Å²) in [5.41, 5.74) is 3.31. The third-order valence-electron chi connectivity index (χ3n) is 2.32. The molecule has 17 heavy (non-hydrogen) atoms. The Bertz CT molecular complexity index is 548. The van der Waals surface area contributed by atoms with Crippen LogP contribution >= 0.6 is 23.3 Å². The van der Waals surface area contributed by atoms with Crippen LogP contribution in [-0.4, -0.2) is 15.6 Å². The van der Waals surface area contributed by atoms with E-state index in [1.54, 1.807) is 0 Å². The molecule has 0 fully saturated rings. The van der Waals surface area contributed by atoms with Crippen molar-refractivity contribution in [3.8, 4) is 0 Å². The van der Waals surface area contributed by atoms with Gasteiger partial charge < -0.3 is 0 Å². The van der Waals surface area contributed by atoms with Gasteiger partial charge in [-0.15, -0.1) is 10.2 Å². The molecule has 1 heterocycles. The molecular formula is C11H12N4S2. The Hall–Kier alpha value is -1.27. The lowest BCUT2D eigenvalue weighted by Gasteiger charge is -1.98. The van der Waals surface area contributed by atoms with Crippen molar-refractivity contribution in [3.63, 3.8) is 0 Å². The zero-order valence-corrected chi connectivity index (χ0v) is 11.5. The number of thioether (sulfide) groups is 1. The van der Waals surface area contributed by atoms with Crippen molar-refractivity contribution in [2.45, 2.75) is 19.0 Å². The summed E-state index contributed by atoms with van der Waals surface area (Å²) in [6.07, 6.45) is 1.94. The Kier molecular flexibility index (Phi) is 3.86. The van der Waals surface area contributed by atoms with E-state index in [1.165, 1.54) is 34.4 Å². The Balaban J connectivity index is 2.16. The summed E-state index contributed by atoms with van der Waals surface area (Å²) in [6.45, 7) is 4.14. The zero-order chi connectivity index (χ0) is 12.3. The first-order chi connectivity index (χ1) is 8.19. The number of aryl methyl sites for hydroxylation is 2. The van der Waals surface area contributed by atoms with Gasteiger partial charge in [-0.3, -0.25) is 0 Å². The standard InChI is InChI=1S/C11H12N4S2/c1-7-4-5-9(6-8(7)2)13-14-10-12-11(16-3)15-17-10/h4-6H,1-3H3/b14-13+. The Morgan fingerprint density at radius 3 is 2.65 bits per heavy atom. The maximum atomic E-state index is 4.19. The fraction of sp³-hybridized carbons (Fsp3) is 0.273. The second-order valence-electron chi connectivity index (χ2n) is 3.53. The van der Waals surface area contributed by atoms with Gasteiger partial charge in [0.1, 0.15) is 0 Å². The van der Waals surface area contributed by atoms with Gasteiger partial charge in [-0.25, -0.2) is 0 Å². The van der Waals surface area contributed by atoms with Crippen LogP contribution in [0.3, 0.4) is 0 Å². The number of benzene rings is 1. The molecular weight excluding hydrogens is 252 g/mol. The van der Waals surface area contributed by atoms with Gasteiger partial charge in [-0.2, -0.15) is 9.36 Å². The Morgan fingerprint density at radius 1 is 1.18 bits per heavy atom. The van der Waals surface area contributed by atoms with E-state index in [4.69, 9.17) is 0 Å². The Morgan fingerprint density at radius 2 is 2.00 bits per heavy atom. The lowest BCUT2D eigenvalue weighted by molar-refractivity contribution is 1.06. The molecule has 1 aromatic carbocycles. The van der Waals surface area contributed by atoms with Crippen LogP contribution in [0.1, 0.15) is 11.1 Å². The predicted molar refractivity (Wildman–Crippen MR) is 71.8 cm³/mol. The second kappa shape index (κ2) is 5.37. The minimum absolute atomic E-state index is 0.590. The highest BCUT2D eigenvalue weighted by atomic mass is 32.2. The molecule has 1 aromatic heterocycles. The van der Waals surface area contributed by atoms with Crippen molar-refractivity contribution in [2.24, 2.45) is 10.2 Å². The second-order valence-corrected chi connectivity index (χ2v) is 5.04. The zero-order valence-electron chi connectivity index (χ0n) is 9.84. The van der Waals surface area contributed by atoms with Crippen molar-refractivity contribution in [2.75, 3.05) is 6.26 Å². The highest BCUT2D eigenvalue weighted by molar-refractivity contribution is 7.98. The van der Waals surface area contributed by atoms with E-state index in [9.17, 15) is 0 Å². The summed E-state index contributed by atoms with van der Waals surface area (Å²) in [5.74, 6) is 0. The van der Waals surface area contributed by atoms with Gasteiger partial charge in [0.25, 0.3) is 0 Å². The molecule has 0 radical (unpaired) electrons. The van der Waals surface area contributed by atoms with Gasteiger partial charge in [0.15, 0.2) is 0 Å². The largest absolute Gasteiger partial charge is 0.250 e. The van der Waals surface area contributed by atoms with Crippen LogP contribution in [0, 0.1) is 13.8 Å². The van der Waals surface area contributed by atoms with E-state index in [1.807, 2.05) is 24.5 Å². The molecule has 0 saturated heterocycles. The molecule has 0 saturated carbocycles. The molecule has 0 atom stereocenters. The highest BCUT2D eigenvalue weighted by Crippen LogP contribution is 2.24. The quantitative estimate of drug-likeness (QED) is 0.613. The maximum absolute atomic E-state index is 4.19. The predicted octanol–water partition coefficient (Wildman–Crippen LogP) is 4.29. The summed E-state index contributed by atoms with van der Waals surface area (Å²) >= 11 is 2.76. The van der Waals surface area contributed by atoms with Crippen molar-refractivity contribution in [1.82, 2.24) is 9.36 Å². The van der Waals surface area contributed by atoms with E-state index in [2.05, 4.69) is 33.4 Å². The fourth-order valence-electron chi connectivity index (χ4n) is 1.21. The van der Waals surface area contributed by atoms with Crippen LogP contribution in [0.4, 0.5) is 10.8 Å². The number of rotatable bonds is 3. The van der Waals surface area contributed by atoms with E-state index < -0.39 is 0 Å². The molecule has 0 N–H and O–H groups in total. The van der Waals surface area contributed by atoms with Gasteiger partial charge in [-0.1, -0.05) is 17.8 Å². The molecule has 0 unspecified atom stereocenters. The molecule has 0 aliphatic carbocycles. The topological polar surface area (TPSA) is 50.5 Å². The highest BCUT2D eigenvalue weighted by Gasteiger charge is 2.01. The fourth-order valence-corrected chi connectivity index (χ4v) is 2.27. The average Bonchev–Trinajstić information content (AvgIpc) is 2.79. The summed E-state index contributed by atoms with van der Waals surface area (Å²) in [4.78, 5) is 4.19. The summed E-state index contributed by atoms with van der Waals surface area (Å²) in [7, 11) is 0. The number of azo groups is 1. The molecule has 0 amide bonds. The molecule has 2 rings (SSSR count). The van der Waals surface area contributed by atoms with Gasteiger partial charge in [0.05, 0.1) is 5.69 Å².